The number of nitrogens with one attached hydrogen (secondary N) is 2. The van der Waals surface area contributed by atoms with E-state index in [4.69, 9.17) is 5.11 Å². The van der Waals surface area contributed by atoms with Crippen LogP contribution in [-0.2, 0) is 4.79 Å². The second kappa shape index (κ2) is 6.26. The first kappa shape index (κ1) is 16.5. The molecule has 6 heteroatoms. The van der Waals surface area contributed by atoms with Gasteiger partial charge in [-0.05, 0) is 46.0 Å². The minimum atomic E-state index is -1.06. The Kier molecular flexibility index (Phi) is 5.16. The van der Waals surface area contributed by atoms with Crippen LogP contribution in [0, 0.1) is 12.3 Å². The number of aryl methyl sites for hydroxylation is 1. The van der Waals surface area contributed by atoms with Crippen molar-refractivity contribution in [1.82, 2.24) is 5.32 Å². The molecule has 20 heavy (non-hydrogen) atoms. The summed E-state index contributed by atoms with van der Waals surface area (Å²) < 4.78 is 0.746. The number of amides is 2. The molecule has 0 saturated heterocycles. The average molecular weight is 343 g/mol. The molecule has 1 aromatic rings. The molecule has 0 heterocycles. The van der Waals surface area contributed by atoms with Gasteiger partial charge in [0.25, 0.3) is 0 Å². The summed E-state index contributed by atoms with van der Waals surface area (Å²) in [4.78, 5) is 23.1. The first-order valence-electron chi connectivity index (χ1n) is 6.17. The molecular weight excluding hydrogens is 324 g/mol. The molecule has 0 unspecified atom stereocenters. The number of halogens is 1. The van der Waals surface area contributed by atoms with Crippen molar-refractivity contribution in [1.29, 1.82) is 0 Å². The first-order valence-corrected chi connectivity index (χ1v) is 6.97. The molecule has 5 nitrogen and oxygen atoms in total. The van der Waals surface area contributed by atoms with Crippen LogP contribution in [0.4, 0.5) is 10.5 Å². The Bertz CT molecular complexity index is 524. The Morgan fingerprint density at radius 1 is 1.30 bits per heavy atom. The van der Waals surface area contributed by atoms with E-state index in [1.54, 1.807) is 26.8 Å². The fourth-order valence-corrected chi connectivity index (χ4v) is 2.25. The topological polar surface area (TPSA) is 78.4 Å². The van der Waals surface area contributed by atoms with Gasteiger partial charge in [-0.3, -0.25) is 0 Å². The van der Waals surface area contributed by atoms with Gasteiger partial charge in [0, 0.05) is 4.47 Å². The fraction of sp³-hybridized carbons (Fsp3) is 0.429. The van der Waals surface area contributed by atoms with Crippen molar-refractivity contribution in [2.75, 3.05) is 5.32 Å². The highest BCUT2D eigenvalue weighted by atomic mass is 79.9. The van der Waals surface area contributed by atoms with Gasteiger partial charge in [0.2, 0.25) is 0 Å². The molecule has 3 N–H and O–H groups in total. The second-order valence-corrected chi connectivity index (χ2v) is 6.57. The van der Waals surface area contributed by atoms with Gasteiger partial charge in [0.1, 0.15) is 6.04 Å². The van der Waals surface area contributed by atoms with E-state index in [9.17, 15) is 9.59 Å². The number of carboxylic acids is 1. The SMILES string of the molecule is Cc1ccc(NC(=O)N[C@H](C(=O)O)C(C)(C)C)c(Br)c1. The van der Waals surface area contributed by atoms with Crippen molar-refractivity contribution in [3.05, 3.63) is 28.2 Å². The van der Waals surface area contributed by atoms with Crippen LogP contribution in [0.3, 0.4) is 0 Å². The largest absolute Gasteiger partial charge is 0.480 e. The number of rotatable bonds is 3. The first-order chi connectivity index (χ1) is 9.11. The molecule has 0 aliphatic rings. The summed E-state index contributed by atoms with van der Waals surface area (Å²) in [7, 11) is 0. The van der Waals surface area contributed by atoms with E-state index in [2.05, 4.69) is 26.6 Å². The number of anilines is 1. The predicted molar refractivity (Wildman–Crippen MR) is 81.9 cm³/mol. The lowest BCUT2D eigenvalue weighted by Crippen LogP contribution is -2.50. The van der Waals surface area contributed by atoms with Gasteiger partial charge in [0.15, 0.2) is 0 Å². The molecule has 0 aliphatic carbocycles. The summed E-state index contributed by atoms with van der Waals surface area (Å²) in [6.45, 7) is 7.21. The van der Waals surface area contributed by atoms with Crippen molar-refractivity contribution >= 4 is 33.6 Å². The highest BCUT2D eigenvalue weighted by Crippen LogP contribution is 2.24. The molecule has 0 radical (unpaired) electrons. The van der Waals surface area contributed by atoms with Gasteiger partial charge in [-0.2, -0.15) is 0 Å². The van der Waals surface area contributed by atoms with E-state index in [1.165, 1.54) is 0 Å². The summed E-state index contributed by atoms with van der Waals surface area (Å²) in [5.41, 5.74) is 1.07. The standard InChI is InChI=1S/C14H19BrN2O3/c1-8-5-6-10(9(15)7-8)16-13(20)17-11(12(18)19)14(2,3)4/h5-7,11H,1-4H3,(H,18,19)(H2,16,17,20)/t11-/m1/s1. The molecule has 0 bridgehead atoms. The Balaban J connectivity index is 2.79. The smallest absolute Gasteiger partial charge is 0.326 e. The van der Waals surface area contributed by atoms with Crippen LogP contribution < -0.4 is 10.6 Å². The van der Waals surface area contributed by atoms with Gasteiger partial charge in [0.05, 0.1) is 5.69 Å². The van der Waals surface area contributed by atoms with Crippen molar-refractivity contribution < 1.29 is 14.7 Å². The second-order valence-electron chi connectivity index (χ2n) is 5.72. The van der Waals surface area contributed by atoms with Gasteiger partial charge in [-0.1, -0.05) is 26.8 Å². The third-order valence-electron chi connectivity index (χ3n) is 2.76. The van der Waals surface area contributed by atoms with Gasteiger partial charge >= 0.3 is 12.0 Å². The molecule has 0 saturated carbocycles. The van der Waals surface area contributed by atoms with Crippen molar-refractivity contribution in [2.24, 2.45) is 5.41 Å². The van der Waals surface area contributed by atoms with Crippen LogP contribution in [-0.4, -0.2) is 23.1 Å². The van der Waals surface area contributed by atoms with Gasteiger partial charge in [-0.25, -0.2) is 9.59 Å². The molecule has 1 rings (SSSR count). The number of aliphatic carboxylic acids is 1. The van der Waals surface area contributed by atoms with Crippen LogP contribution in [0.5, 0.6) is 0 Å². The molecule has 0 fully saturated rings. The van der Waals surface area contributed by atoms with E-state index < -0.39 is 23.5 Å². The number of hydrogen-bond donors (Lipinski definition) is 3. The summed E-state index contributed by atoms with van der Waals surface area (Å²) in [6, 6.07) is 3.97. The molecule has 2 amide bonds. The van der Waals surface area contributed by atoms with Crippen LogP contribution in [0.25, 0.3) is 0 Å². The lowest BCUT2D eigenvalue weighted by Gasteiger charge is -2.27. The summed E-state index contributed by atoms with van der Waals surface area (Å²) in [5, 5.41) is 14.3. The molecule has 110 valence electrons. The van der Waals surface area contributed by atoms with Crippen molar-refractivity contribution in [2.45, 2.75) is 33.7 Å². The van der Waals surface area contributed by atoms with Gasteiger partial charge in [-0.15, -0.1) is 0 Å². The van der Waals surface area contributed by atoms with Crippen LogP contribution >= 0.6 is 15.9 Å². The van der Waals surface area contributed by atoms with Crippen LogP contribution in [0.15, 0.2) is 22.7 Å². The summed E-state index contributed by atoms with van der Waals surface area (Å²) in [5.74, 6) is -1.06. The van der Waals surface area contributed by atoms with E-state index in [0.29, 0.717) is 5.69 Å². The lowest BCUT2D eigenvalue weighted by molar-refractivity contribution is -0.141. The number of carbonyl (C=O) groups is 2. The van der Waals surface area contributed by atoms with Crippen LogP contribution in [0.2, 0.25) is 0 Å². The van der Waals surface area contributed by atoms with Crippen molar-refractivity contribution in [3.63, 3.8) is 0 Å². The Morgan fingerprint density at radius 2 is 1.90 bits per heavy atom. The van der Waals surface area contributed by atoms with Crippen molar-refractivity contribution in [3.8, 4) is 0 Å². The monoisotopic (exact) mass is 342 g/mol. The van der Waals surface area contributed by atoms with E-state index >= 15 is 0 Å². The maximum atomic E-state index is 11.9. The number of benzene rings is 1. The highest BCUT2D eigenvalue weighted by molar-refractivity contribution is 9.10. The summed E-state index contributed by atoms with van der Waals surface area (Å²) >= 11 is 3.35. The van der Waals surface area contributed by atoms with Gasteiger partial charge < -0.3 is 15.7 Å². The molecular formula is C14H19BrN2O3. The average Bonchev–Trinajstić information content (AvgIpc) is 2.28. The summed E-state index contributed by atoms with van der Waals surface area (Å²) in [6.07, 6.45) is 0. The minimum absolute atomic E-state index is 0.545. The minimum Gasteiger partial charge on any atom is -0.480 e. The van der Waals surface area contributed by atoms with E-state index in [0.717, 1.165) is 10.0 Å². The quantitative estimate of drug-likeness (QED) is 0.787. The van der Waals surface area contributed by atoms with Crippen LogP contribution in [0.1, 0.15) is 26.3 Å². The molecule has 0 spiro atoms. The lowest BCUT2D eigenvalue weighted by atomic mass is 9.87. The number of hydrogen-bond acceptors (Lipinski definition) is 2. The molecule has 1 atom stereocenters. The Morgan fingerprint density at radius 3 is 2.35 bits per heavy atom. The maximum Gasteiger partial charge on any atom is 0.326 e. The fourth-order valence-electron chi connectivity index (χ4n) is 1.66. The zero-order chi connectivity index (χ0) is 15.5. The molecule has 0 aromatic heterocycles. The number of urea groups is 1. The highest BCUT2D eigenvalue weighted by Gasteiger charge is 2.32. The zero-order valence-corrected chi connectivity index (χ0v) is 13.5. The predicted octanol–water partition coefficient (Wildman–Crippen LogP) is 3.38. The third kappa shape index (κ3) is 4.52. The van der Waals surface area contributed by atoms with E-state index in [-0.39, 0.29) is 0 Å². The molecule has 0 aliphatic heterocycles. The Labute approximate surface area is 126 Å². The zero-order valence-electron chi connectivity index (χ0n) is 12.0. The third-order valence-corrected chi connectivity index (χ3v) is 3.42. The number of carbonyl (C=O) groups excluding carboxylic acids is 1. The van der Waals surface area contributed by atoms with E-state index in [1.807, 2.05) is 19.1 Å². The molecule has 1 aromatic carbocycles. The maximum absolute atomic E-state index is 11.9. The number of carboxylic acid groups (broad SMARTS) is 1. The Hall–Kier alpha value is -1.56. The normalized spacial score (nSPS) is 12.7.